The first-order valence-corrected chi connectivity index (χ1v) is 6.95. The monoisotopic (exact) mass is 292 g/mol. The van der Waals surface area contributed by atoms with Gasteiger partial charge in [-0.05, 0) is 45.9 Å². The lowest BCUT2D eigenvalue weighted by molar-refractivity contribution is -0.120. The highest BCUT2D eigenvalue weighted by Crippen LogP contribution is 2.19. The molecule has 5 N–H and O–H groups in total. The third-order valence-electron chi connectivity index (χ3n) is 2.58. The number of carbonyl (C=O) groups excluding carboxylic acids is 2. The van der Waals surface area contributed by atoms with Crippen molar-refractivity contribution in [2.24, 2.45) is 0 Å². The number of benzene rings is 1. The molecule has 6 heteroatoms. The number of rotatable bonds is 5. The van der Waals surface area contributed by atoms with E-state index in [2.05, 4.69) is 16.0 Å². The first-order valence-electron chi connectivity index (χ1n) is 6.95. The van der Waals surface area contributed by atoms with E-state index in [-0.39, 0.29) is 23.9 Å². The minimum atomic E-state index is -0.295. The zero-order chi connectivity index (χ0) is 16.0. The molecule has 0 atom stereocenters. The van der Waals surface area contributed by atoms with Crippen LogP contribution in [-0.2, 0) is 4.79 Å². The van der Waals surface area contributed by atoms with E-state index in [9.17, 15) is 9.59 Å². The molecule has 0 saturated carbocycles. The Morgan fingerprint density at radius 3 is 2.48 bits per heavy atom. The van der Waals surface area contributed by atoms with E-state index in [0.29, 0.717) is 23.5 Å². The molecule has 0 bridgehead atoms. The molecule has 0 aromatic heterocycles. The molecule has 0 spiro atoms. The normalized spacial score (nSPS) is 10.9. The third-order valence-corrected chi connectivity index (χ3v) is 2.58. The van der Waals surface area contributed by atoms with E-state index in [1.807, 2.05) is 27.7 Å². The molecular weight excluding hydrogens is 268 g/mol. The van der Waals surface area contributed by atoms with E-state index < -0.39 is 0 Å². The van der Waals surface area contributed by atoms with Gasteiger partial charge in [0.1, 0.15) is 0 Å². The van der Waals surface area contributed by atoms with Crippen LogP contribution in [0.25, 0.3) is 0 Å². The van der Waals surface area contributed by atoms with Gasteiger partial charge >= 0.3 is 0 Å². The molecular formula is C15H24N4O2. The largest absolute Gasteiger partial charge is 0.399 e. The van der Waals surface area contributed by atoms with Gasteiger partial charge in [-0.15, -0.1) is 0 Å². The van der Waals surface area contributed by atoms with Crippen LogP contribution in [0.15, 0.2) is 18.2 Å². The zero-order valence-electron chi connectivity index (χ0n) is 13.0. The second-order valence-electron chi connectivity index (χ2n) is 5.82. The van der Waals surface area contributed by atoms with Crippen molar-refractivity contribution in [3.8, 4) is 0 Å². The minimum absolute atomic E-state index is 0.0765. The summed E-state index contributed by atoms with van der Waals surface area (Å²) in [6.07, 6.45) is 0. The number of nitrogens with one attached hydrogen (secondary N) is 3. The first kappa shape index (κ1) is 16.8. The van der Waals surface area contributed by atoms with E-state index in [1.54, 1.807) is 18.2 Å². The molecule has 1 aromatic rings. The lowest BCUT2D eigenvalue weighted by Crippen LogP contribution is -2.43. The number of carbonyl (C=O) groups is 2. The summed E-state index contributed by atoms with van der Waals surface area (Å²) in [4.78, 5) is 23.8. The number of anilines is 2. The van der Waals surface area contributed by atoms with Gasteiger partial charge in [0.25, 0.3) is 5.91 Å². The summed E-state index contributed by atoms with van der Waals surface area (Å²) in [5.74, 6) is -0.344. The summed E-state index contributed by atoms with van der Waals surface area (Å²) in [5, 5.41) is 8.53. The van der Waals surface area contributed by atoms with Gasteiger partial charge in [-0.2, -0.15) is 0 Å². The molecule has 0 aliphatic rings. The Bertz CT molecular complexity index is 521. The molecule has 1 rings (SSSR count). The Hall–Kier alpha value is -2.24. The molecule has 0 aliphatic heterocycles. The highest BCUT2D eigenvalue weighted by molar-refractivity contribution is 6.00. The SMILES string of the molecule is CCNC(=O)c1ccc(N)cc1NCC(=O)NC(C)(C)C. The minimum Gasteiger partial charge on any atom is -0.399 e. The highest BCUT2D eigenvalue weighted by atomic mass is 16.2. The van der Waals surface area contributed by atoms with Crippen LogP contribution < -0.4 is 21.7 Å². The van der Waals surface area contributed by atoms with Crippen LogP contribution in [0.2, 0.25) is 0 Å². The Labute approximate surface area is 125 Å². The van der Waals surface area contributed by atoms with Crippen molar-refractivity contribution in [3.63, 3.8) is 0 Å². The van der Waals surface area contributed by atoms with Crippen molar-refractivity contribution in [2.75, 3.05) is 24.1 Å². The smallest absolute Gasteiger partial charge is 0.253 e. The van der Waals surface area contributed by atoms with Gasteiger partial charge in [-0.1, -0.05) is 0 Å². The Balaban J connectivity index is 2.80. The standard InChI is InChI=1S/C15H24N4O2/c1-5-17-14(21)11-7-6-10(16)8-12(11)18-9-13(20)19-15(2,3)4/h6-8,18H,5,9,16H2,1-4H3,(H,17,21)(H,19,20). The molecule has 1 aromatic carbocycles. The highest BCUT2D eigenvalue weighted by Gasteiger charge is 2.15. The molecule has 0 saturated heterocycles. The molecule has 0 unspecified atom stereocenters. The summed E-state index contributed by atoms with van der Waals surface area (Å²) in [5.41, 5.74) is 6.99. The maximum Gasteiger partial charge on any atom is 0.253 e. The van der Waals surface area contributed by atoms with Crippen LogP contribution >= 0.6 is 0 Å². The van der Waals surface area contributed by atoms with E-state index >= 15 is 0 Å². The third kappa shape index (κ3) is 5.72. The average molecular weight is 292 g/mol. The van der Waals surface area contributed by atoms with Gasteiger partial charge in [0.05, 0.1) is 12.1 Å². The number of nitrogens with two attached hydrogens (primary N) is 1. The van der Waals surface area contributed by atoms with Crippen molar-refractivity contribution in [1.29, 1.82) is 0 Å². The molecule has 21 heavy (non-hydrogen) atoms. The number of hydrogen-bond acceptors (Lipinski definition) is 4. The Morgan fingerprint density at radius 1 is 1.24 bits per heavy atom. The summed E-state index contributed by atoms with van der Waals surface area (Å²) in [6, 6.07) is 4.95. The summed E-state index contributed by atoms with van der Waals surface area (Å²) in [6.45, 7) is 8.18. The van der Waals surface area contributed by atoms with Crippen LogP contribution in [0.3, 0.4) is 0 Å². The summed E-state index contributed by atoms with van der Waals surface area (Å²) < 4.78 is 0. The Kier molecular flexibility index (Phi) is 5.58. The van der Waals surface area contributed by atoms with E-state index in [4.69, 9.17) is 5.73 Å². The van der Waals surface area contributed by atoms with Crippen molar-refractivity contribution >= 4 is 23.2 Å². The molecule has 116 valence electrons. The lowest BCUT2D eigenvalue weighted by atomic mass is 10.1. The van der Waals surface area contributed by atoms with Gasteiger partial charge in [0.15, 0.2) is 0 Å². The molecule has 0 heterocycles. The zero-order valence-corrected chi connectivity index (χ0v) is 13.0. The van der Waals surface area contributed by atoms with E-state index in [0.717, 1.165) is 0 Å². The maximum absolute atomic E-state index is 12.0. The Morgan fingerprint density at radius 2 is 1.90 bits per heavy atom. The summed E-state index contributed by atoms with van der Waals surface area (Å²) >= 11 is 0. The van der Waals surface area contributed by atoms with Crippen molar-refractivity contribution in [2.45, 2.75) is 33.2 Å². The fourth-order valence-electron chi connectivity index (χ4n) is 1.80. The molecule has 6 nitrogen and oxygen atoms in total. The van der Waals surface area contributed by atoms with Gasteiger partial charge in [0.2, 0.25) is 5.91 Å². The fraction of sp³-hybridized carbons (Fsp3) is 0.467. The van der Waals surface area contributed by atoms with E-state index in [1.165, 1.54) is 0 Å². The van der Waals surface area contributed by atoms with Gasteiger partial charge < -0.3 is 21.7 Å². The van der Waals surface area contributed by atoms with Crippen molar-refractivity contribution < 1.29 is 9.59 Å². The first-order chi connectivity index (χ1) is 9.73. The summed E-state index contributed by atoms with van der Waals surface area (Å²) in [7, 11) is 0. The number of amides is 2. The maximum atomic E-state index is 12.0. The van der Waals surface area contributed by atoms with Crippen LogP contribution in [-0.4, -0.2) is 30.4 Å². The molecule has 0 fully saturated rings. The fourth-order valence-corrected chi connectivity index (χ4v) is 1.80. The lowest BCUT2D eigenvalue weighted by Gasteiger charge is -2.21. The van der Waals surface area contributed by atoms with Crippen molar-refractivity contribution in [3.05, 3.63) is 23.8 Å². The van der Waals surface area contributed by atoms with Crippen LogP contribution in [0.5, 0.6) is 0 Å². The van der Waals surface area contributed by atoms with Gasteiger partial charge in [0, 0.05) is 23.5 Å². The topological polar surface area (TPSA) is 96.2 Å². The van der Waals surface area contributed by atoms with Crippen molar-refractivity contribution in [1.82, 2.24) is 10.6 Å². The van der Waals surface area contributed by atoms with Gasteiger partial charge in [-0.25, -0.2) is 0 Å². The molecule has 2 amide bonds. The quantitative estimate of drug-likeness (QED) is 0.616. The number of hydrogen-bond donors (Lipinski definition) is 4. The second-order valence-corrected chi connectivity index (χ2v) is 5.82. The van der Waals surface area contributed by atoms with Crippen LogP contribution in [0, 0.1) is 0 Å². The van der Waals surface area contributed by atoms with Crippen LogP contribution in [0.1, 0.15) is 38.1 Å². The number of nitrogen functional groups attached to an aromatic ring is 1. The molecule has 0 radical (unpaired) electrons. The second kappa shape index (κ2) is 6.97. The van der Waals surface area contributed by atoms with Crippen LogP contribution in [0.4, 0.5) is 11.4 Å². The predicted octanol–water partition coefficient (Wildman–Crippen LogP) is 1.35. The molecule has 0 aliphatic carbocycles. The average Bonchev–Trinajstić information content (AvgIpc) is 2.34. The predicted molar refractivity (Wildman–Crippen MR) is 85.2 cm³/mol. The van der Waals surface area contributed by atoms with Gasteiger partial charge in [-0.3, -0.25) is 9.59 Å².